The van der Waals surface area contributed by atoms with Gasteiger partial charge in [0.15, 0.2) is 6.10 Å². The van der Waals surface area contributed by atoms with Gasteiger partial charge in [-0.1, -0.05) is 82.7 Å². The third kappa shape index (κ3) is 24.0. The Labute approximate surface area is 616 Å². The minimum atomic E-state index is -2.43. The number of fused-ring (bicyclic) bond motifs is 3. The quantitative estimate of drug-likeness (QED) is 0.0443. The number of ether oxygens (including phenoxy) is 2. The summed E-state index contributed by atoms with van der Waals surface area (Å²) in [5.74, 6) is -13.4. The molecule has 0 radical (unpaired) electrons. The van der Waals surface area contributed by atoms with Gasteiger partial charge in [0.25, 0.3) is 11.8 Å². The molecule has 2 aromatic carbocycles. The van der Waals surface area contributed by atoms with Crippen LogP contribution < -0.4 is 53.0 Å². The molecular formula is C73H107N13O20. The highest BCUT2D eigenvalue weighted by Gasteiger charge is 2.46. The van der Waals surface area contributed by atoms with Crippen LogP contribution in [-0.2, 0) is 84.7 Å². The number of nitrogens with two attached hydrogens (primary N) is 1. The molecule has 4 saturated heterocycles. The minimum Gasteiger partial charge on any atom is -0.497 e. The lowest BCUT2D eigenvalue weighted by Gasteiger charge is -2.34. The van der Waals surface area contributed by atoms with Crippen molar-refractivity contribution >= 4 is 82.8 Å². The van der Waals surface area contributed by atoms with Crippen LogP contribution in [0.4, 0.5) is 0 Å². The van der Waals surface area contributed by atoms with Crippen LogP contribution in [0, 0.1) is 11.8 Å². The summed E-state index contributed by atoms with van der Waals surface area (Å²) in [7, 11) is 2.86. The van der Waals surface area contributed by atoms with Gasteiger partial charge in [-0.2, -0.15) is 0 Å². The van der Waals surface area contributed by atoms with Crippen molar-refractivity contribution in [1.29, 1.82) is 0 Å². The van der Waals surface area contributed by atoms with Crippen LogP contribution in [0.5, 0.6) is 5.75 Å². The Hall–Kier alpha value is -9.60. The molecule has 584 valence electrons. The van der Waals surface area contributed by atoms with Gasteiger partial charge < -0.3 is 97.8 Å². The molecule has 4 aliphatic rings. The maximum atomic E-state index is 15.3. The third-order valence-electron chi connectivity index (χ3n) is 19.8. The van der Waals surface area contributed by atoms with E-state index in [2.05, 4.69) is 42.5 Å². The van der Waals surface area contributed by atoms with Crippen LogP contribution in [0.1, 0.15) is 143 Å². The molecule has 15 unspecified atom stereocenters. The number of esters is 1. The van der Waals surface area contributed by atoms with E-state index in [-0.39, 0.29) is 76.9 Å². The number of allylic oxidation sites excluding steroid dienone is 1. The molecule has 13 amide bonds. The molecule has 4 heterocycles. The Balaban J connectivity index is 1.45. The van der Waals surface area contributed by atoms with E-state index in [9.17, 15) is 78.0 Å². The third-order valence-corrected chi connectivity index (χ3v) is 19.8. The van der Waals surface area contributed by atoms with Crippen LogP contribution in [0.25, 0.3) is 0 Å². The number of benzene rings is 2. The van der Waals surface area contributed by atoms with Gasteiger partial charge in [-0.15, -0.1) is 0 Å². The molecule has 2 aromatic rings. The monoisotopic (exact) mass is 1490 g/mol. The maximum absolute atomic E-state index is 15.3. The molecule has 106 heavy (non-hydrogen) atoms. The van der Waals surface area contributed by atoms with E-state index in [0.717, 1.165) is 17.9 Å². The zero-order valence-electron chi connectivity index (χ0n) is 61.8. The number of aliphatic hydroxyl groups excluding tert-OH is 4. The van der Waals surface area contributed by atoms with Crippen molar-refractivity contribution in [2.45, 2.75) is 230 Å². The number of primary amides is 1. The zero-order chi connectivity index (χ0) is 78.2. The summed E-state index contributed by atoms with van der Waals surface area (Å²) >= 11 is 0. The second kappa shape index (κ2) is 40.8. The Morgan fingerprint density at radius 3 is 1.83 bits per heavy atom. The molecular weight excluding hydrogens is 1380 g/mol. The van der Waals surface area contributed by atoms with Crippen molar-refractivity contribution in [3.8, 4) is 5.75 Å². The highest BCUT2D eigenvalue weighted by molar-refractivity contribution is 6.03. The first-order chi connectivity index (χ1) is 50.3. The Kier molecular flexibility index (Phi) is 32.8. The number of likely N-dealkylation sites (N-methyl/N-ethyl adjacent to an activating group) is 1. The first kappa shape index (κ1) is 85.3. The van der Waals surface area contributed by atoms with Gasteiger partial charge in [-0.3, -0.25) is 62.3 Å². The number of methoxy groups -OCH3 is 1. The molecule has 33 heteroatoms. The number of aryl methyl sites for hydroxylation is 1. The Morgan fingerprint density at radius 1 is 0.670 bits per heavy atom. The van der Waals surface area contributed by atoms with E-state index in [1.807, 2.05) is 0 Å². The van der Waals surface area contributed by atoms with Gasteiger partial charge >= 0.3 is 5.97 Å². The summed E-state index contributed by atoms with van der Waals surface area (Å²) in [5.41, 5.74) is 6.34. The second-order valence-electron chi connectivity index (χ2n) is 28.1. The lowest BCUT2D eigenvalue weighted by atomic mass is 9.95. The van der Waals surface area contributed by atoms with Gasteiger partial charge in [-0.05, 0) is 120 Å². The first-order valence-corrected chi connectivity index (χ1v) is 36.3. The van der Waals surface area contributed by atoms with Gasteiger partial charge in [0.1, 0.15) is 71.9 Å². The molecule has 4 fully saturated rings. The largest absolute Gasteiger partial charge is 0.497 e. The van der Waals surface area contributed by atoms with Crippen LogP contribution >= 0.6 is 0 Å². The average molecular weight is 1490 g/mol. The summed E-state index contributed by atoms with van der Waals surface area (Å²) < 4.78 is 11.5. The van der Waals surface area contributed by atoms with Crippen LogP contribution in [0.3, 0.4) is 0 Å². The second-order valence-corrected chi connectivity index (χ2v) is 28.1. The summed E-state index contributed by atoms with van der Waals surface area (Å²) in [6, 6.07) is 0.341. The summed E-state index contributed by atoms with van der Waals surface area (Å²) in [6.07, 6.45) is -6.60. The van der Waals surface area contributed by atoms with Crippen molar-refractivity contribution in [2.24, 2.45) is 17.6 Å². The number of carbonyl (C=O) groups excluding carboxylic acids is 14. The molecule has 0 bridgehead atoms. The number of hydrogen-bond donors (Lipinski definition) is 13. The topological polar surface area (TPSA) is 474 Å². The van der Waals surface area contributed by atoms with E-state index in [4.69, 9.17) is 15.2 Å². The SMILES string of the molecule is CC=C1NC(=O)C(CO)NC(=O)C(C(C)CC)NC(=O)C2CCCN2C(=O)C2CCCN2C(=O)CNC(=O)C(CCC(N)=O)NC(=O)C(O)C(CC(CC(O)Cc2ccccc2)OC(=O)C(CC(C)C)N(C)C(C)=O)NC(=O)C2CCCN2C(=O)C(CCc2ccc(OC)cc2)NC(=O)C(C(C)O)NC1=O. The van der Waals surface area contributed by atoms with Crippen molar-refractivity contribution in [3.05, 3.63) is 77.5 Å². The molecule has 0 aromatic heterocycles. The lowest BCUT2D eigenvalue weighted by Crippen LogP contribution is -2.61. The minimum absolute atomic E-state index is 0.00923. The number of hydrogen-bond acceptors (Lipinski definition) is 20. The van der Waals surface area contributed by atoms with E-state index < -0.39 is 218 Å². The highest BCUT2D eigenvalue weighted by atomic mass is 16.5. The fraction of sp³-hybridized carbons (Fsp3) is 0.616. The number of amides is 13. The molecule has 0 saturated carbocycles. The molecule has 33 nitrogen and oxygen atoms in total. The van der Waals surface area contributed by atoms with Crippen LogP contribution in [0.15, 0.2) is 66.4 Å². The smallest absolute Gasteiger partial charge is 0.329 e. The zero-order valence-corrected chi connectivity index (χ0v) is 61.8. The van der Waals surface area contributed by atoms with Gasteiger partial charge in [0.2, 0.25) is 65.0 Å². The fourth-order valence-electron chi connectivity index (χ4n) is 13.5. The highest BCUT2D eigenvalue weighted by Crippen LogP contribution is 2.28. The molecule has 14 N–H and O–H groups in total. The number of carbonyl (C=O) groups is 14. The van der Waals surface area contributed by atoms with Crippen molar-refractivity contribution < 1.29 is 97.0 Å². The number of nitrogens with one attached hydrogen (secondary N) is 8. The van der Waals surface area contributed by atoms with E-state index in [0.29, 0.717) is 36.1 Å². The van der Waals surface area contributed by atoms with Crippen molar-refractivity contribution in [3.63, 3.8) is 0 Å². The summed E-state index contributed by atoms with van der Waals surface area (Å²) in [5, 5.41) is 66.0. The molecule has 15 atom stereocenters. The first-order valence-electron chi connectivity index (χ1n) is 36.3. The molecule has 4 aliphatic heterocycles. The number of nitrogens with zero attached hydrogens (tertiary/aromatic N) is 4. The molecule has 0 spiro atoms. The predicted octanol–water partition coefficient (Wildman–Crippen LogP) is -2.11. The average Bonchev–Trinajstić information content (AvgIpc) is 1.64. The van der Waals surface area contributed by atoms with Crippen molar-refractivity contribution in [1.82, 2.24) is 62.1 Å². The van der Waals surface area contributed by atoms with Gasteiger partial charge in [-0.25, -0.2) is 4.79 Å². The maximum Gasteiger partial charge on any atom is 0.329 e. The Bertz CT molecular complexity index is 3470. The summed E-state index contributed by atoms with van der Waals surface area (Å²) in [4.78, 5) is 204. The van der Waals surface area contributed by atoms with Gasteiger partial charge in [0, 0.05) is 52.9 Å². The summed E-state index contributed by atoms with van der Waals surface area (Å²) in [6.45, 7) is 8.91. The van der Waals surface area contributed by atoms with Crippen LogP contribution in [0.2, 0.25) is 0 Å². The van der Waals surface area contributed by atoms with Crippen LogP contribution in [-0.4, -0.2) is 255 Å². The predicted molar refractivity (Wildman–Crippen MR) is 382 cm³/mol. The molecule has 0 aliphatic carbocycles. The van der Waals surface area contributed by atoms with E-state index in [1.165, 1.54) is 42.7 Å². The fourth-order valence-corrected chi connectivity index (χ4v) is 13.5. The normalized spacial score (nSPS) is 25.8. The lowest BCUT2D eigenvalue weighted by molar-refractivity contribution is -0.161. The Morgan fingerprint density at radius 2 is 1.25 bits per heavy atom. The van der Waals surface area contributed by atoms with Gasteiger partial charge in [0.05, 0.1) is 38.5 Å². The van der Waals surface area contributed by atoms with Crippen molar-refractivity contribution in [2.75, 3.05) is 46.9 Å². The van der Waals surface area contributed by atoms with E-state index >= 15 is 9.59 Å². The molecule has 6 rings (SSSR count). The standard InChI is InChI=1S/C73H107N13O20/c1-10-41(5)60-68(99)80-53(39-87)65(96)76-49(11-2)64(95)82-61(42(6)88)69(100)78-51(28-25-44-23-26-47(105-9)27-24-44)71(102)85-32-15-20-54(85)66(97)79-52(37-48(36-46(90)35-45-18-13-12-14-19-45)106-73(104)57(34-40(3)4)83(8)43(7)89)62(93)70(101)77-50(29-30-58(74)91)63(94)75-38-59(92)84-31-17-22-56(84)72(103)86-33-16-21-55(86)67(98)81-60/h11-14,18-19,23-24,26-27,40-42,46,48,50-57,60-62,87-88,90,93H,10,15-17,20-22,25,28-39H2,1-9H3,(H2,74,91)(H,75,94)(H,76,96)(H,77,101)(H,78,100)(H,79,97)(H,80,99)(H,81,98)(H,82,95). The number of rotatable bonds is 22. The number of aliphatic hydroxyl groups is 4. The van der Waals surface area contributed by atoms with E-state index in [1.54, 1.807) is 82.3 Å².